The highest BCUT2D eigenvalue weighted by atomic mass is 16.5. The second kappa shape index (κ2) is 8.81. The first kappa shape index (κ1) is 23.4. The summed E-state index contributed by atoms with van der Waals surface area (Å²) in [5.41, 5.74) is 14.6. The number of nitrogens with zero attached hydrogens (tertiary/aromatic N) is 7. The summed E-state index contributed by atoms with van der Waals surface area (Å²) in [6.07, 6.45) is 7.29. The summed E-state index contributed by atoms with van der Waals surface area (Å²) < 4.78 is 5.66. The zero-order chi connectivity index (χ0) is 25.0. The van der Waals surface area contributed by atoms with Gasteiger partial charge in [0.2, 0.25) is 17.8 Å². The summed E-state index contributed by atoms with van der Waals surface area (Å²) >= 11 is 0. The molecule has 0 unspecified atom stereocenters. The predicted octanol–water partition coefficient (Wildman–Crippen LogP) is 0.832. The van der Waals surface area contributed by atoms with E-state index in [9.17, 15) is 4.79 Å². The lowest BCUT2D eigenvalue weighted by molar-refractivity contribution is -0.132. The van der Waals surface area contributed by atoms with E-state index in [1.165, 1.54) is 0 Å². The Hall–Kier alpha value is -3.05. The molecule has 1 aliphatic carbocycles. The van der Waals surface area contributed by atoms with Gasteiger partial charge < -0.3 is 30.9 Å². The van der Waals surface area contributed by atoms with Crippen LogP contribution in [0.3, 0.4) is 0 Å². The van der Waals surface area contributed by atoms with Gasteiger partial charge in [0.25, 0.3) is 0 Å². The van der Waals surface area contributed by atoms with E-state index in [0.29, 0.717) is 31.6 Å². The summed E-state index contributed by atoms with van der Waals surface area (Å²) in [4.78, 5) is 38.2. The number of morpholine rings is 1. The number of ether oxygens (including phenoxy) is 1. The molecule has 3 fully saturated rings. The first-order chi connectivity index (χ1) is 17.3. The maximum atomic E-state index is 13.1. The largest absolute Gasteiger partial charge is 0.377 e. The minimum Gasteiger partial charge on any atom is -0.377 e. The fourth-order valence-electron chi connectivity index (χ4n) is 5.84. The fourth-order valence-corrected chi connectivity index (χ4v) is 5.84. The van der Waals surface area contributed by atoms with Crippen LogP contribution in [-0.2, 0) is 16.0 Å². The second-order valence-electron chi connectivity index (χ2n) is 10.9. The molecule has 192 valence electrons. The van der Waals surface area contributed by atoms with Crippen molar-refractivity contribution in [3.8, 4) is 11.3 Å². The van der Waals surface area contributed by atoms with E-state index in [-0.39, 0.29) is 29.5 Å². The van der Waals surface area contributed by atoms with Gasteiger partial charge in [0.1, 0.15) is 5.82 Å². The maximum absolute atomic E-state index is 13.1. The van der Waals surface area contributed by atoms with Crippen LogP contribution in [0.1, 0.15) is 38.7 Å². The lowest BCUT2D eigenvalue weighted by Gasteiger charge is -2.38. The number of aromatic nitrogens is 4. The average Bonchev–Trinajstić information content (AvgIpc) is 3.52. The lowest BCUT2D eigenvalue weighted by Crippen LogP contribution is -2.51. The SMILES string of the molecule is C[C@H]1COCCN1c1nc(-c2cnc(N)nc2)c2c(n1)N([C@@]1(C)CCN(C(=O)[C@@H](N)C3CC3)C1)CC2. The Morgan fingerprint density at radius 2 is 1.97 bits per heavy atom. The van der Waals surface area contributed by atoms with Crippen LogP contribution < -0.4 is 21.3 Å². The van der Waals surface area contributed by atoms with Crippen molar-refractivity contribution in [2.75, 3.05) is 54.9 Å². The number of likely N-dealkylation sites (tertiary alicyclic amines) is 1. The van der Waals surface area contributed by atoms with E-state index < -0.39 is 0 Å². The van der Waals surface area contributed by atoms with Crippen LogP contribution in [0.2, 0.25) is 0 Å². The predicted molar refractivity (Wildman–Crippen MR) is 136 cm³/mol. The molecule has 5 heterocycles. The molecular formula is C25H35N9O2. The van der Waals surface area contributed by atoms with Gasteiger partial charge in [0.15, 0.2) is 0 Å². The van der Waals surface area contributed by atoms with Gasteiger partial charge in [0.05, 0.1) is 36.5 Å². The summed E-state index contributed by atoms with van der Waals surface area (Å²) in [6, 6.07) is -0.201. The molecule has 0 aromatic carbocycles. The average molecular weight is 494 g/mol. The van der Waals surface area contributed by atoms with Crippen LogP contribution in [-0.4, -0.2) is 87.8 Å². The molecule has 11 heteroatoms. The molecule has 2 aromatic heterocycles. The standard InChI is InChI=1S/C25H35N9O2/c1-15-13-36-10-9-33(15)24-30-20(17-11-28-23(27)29-12-17)18-5-7-34(21(18)31-24)25(2)6-8-32(14-25)22(35)19(26)16-3-4-16/h11-12,15-16,19H,3-10,13-14,26H2,1-2H3,(H2,27,28,29)/t15-,19-,25-/m0/s1. The van der Waals surface area contributed by atoms with Crippen LogP contribution in [0, 0.1) is 5.92 Å². The van der Waals surface area contributed by atoms with Crippen molar-refractivity contribution in [3.63, 3.8) is 0 Å². The molecule has 11 nitrogen and oxygen atoms in total. The molecule has 0 spiro atoms. The quantitative estimate of drug-likeness (QED) is 0.615. The maximum Gasteiger partial charge on any atom is 0.239 e. The molecular weight excluding hydrogens is 458 g/mol. The highest BCUT2D eigenvalue weighted by Gasteiger charge is 2.46. The summed E-state index contributed by atoms with van der Waals surface area (Å²) in [5.74, 6) is 2.31. The fraction of sp³-hybridized carbons (Fsp3) is 0.640. The summed E-state index contributed by atoms with van der Waals surface area (Å²) in [7, 11) is 0. The van der Waals surface area contributed by atoms with Gasteiger partial charge in [-0.25, -0.2) is 15.0 Å². The van der Waals surface area contributed by atoms with Crippen LogP contribution in [0.4, 0.5) is 17.7 Å². The zero-order valence-corrected chi connectivity index (χ0v) is 21.1. The second-order valence-corrected chi connectivity index (χ2v) is 10.9. The Labute approximate surface area is 211 Å². The molecule has 2 aromatic rings. The number of hydrogen-bond donors (Lipinski definition) is 2. The van der Waals surface area contributed by atoms with Crippen molar-refractivity contribution in [1.82, 2.24) is 24.8 Å². The molecule has 3 atom stereocenters. The van der Waals surface area contributed by atoms with Crippen molar-refractivity contribution in [2.24, 2.45) is 11.7 Å². The highest BCUT2D eigenvalue weighted by molar-refractivity contribution is 5.83. The Morgan fingerprint density at radius 3 is 2.69 bits per heavy atom. The Bertz CT molecular complexity index is 1150. The number of hydrogen-bond acceptors (Lipinski definition) is 10. The van der Waals surface area contributed by atoms with E-state index in [1.807, 2.05) is 4.90 Å². The molecule has 3 aliphatic heterocycles. The van der Waals surface area contributed by atoms with Gasteiger partial charge in [-0.15, -0.1) is 0 Å². The summed E-state index contributed by atoms with van der Waals surface area (Å²) in [6.45, 7) is 8.58. The Kier molecular flexibility index (Phi) is 5.71. The molecule has 0 radical (unpaired) electrons. The number of amides is 1. The van der Waals surface area contributed by atoms with Gasteiger partial charge in [-0.2, -0.15) is 4.98 Å². The first-order valence-corrected chi connectivity index (χ1v) is 13.0. The number of carbonyl (C=O) groups is 1. The van der Waals surface area contributed by atoms with Crippen LogP contribution in [0.25, 0.3) is 11.3 Å². The molecule has 6 rings (SSSR count). The van der Waals surface area contributed by atoms with Crippen molar-refractivity contribution in [3.05, 3.63) is 18.0 Å². The van der Waals surface area contributed by atoms with Gasteiger partial charge in [0, 0.05) is 49.7 Å². The molecule has 4 N–H and O–H groups in total. The topological polar surface area (TPSA) is 140 Å². The van der Waals surface area contributed by atoms with E-state index in [0.717, 1.165) is 68.0 Å². The third kappa shape index (κ3) is 4.03. The third-order valence-corrected chi connectivity index (χ3v) is 8.21. The monoisotopic (exact) mass is 493 g/mol. The van der Waals surface area contributed by atoms with Crippen LogP contribution >= 0.6 is 0 Å². The number of rotatable bonds is 5. The van der Waals surface area contributed by atoms with Gasteiger partial charge in [-0.05, 0) is 45.4 Å². The number of nitrogens with two attached hydrogens (primary N) is 2. The zero-order valence-electron chi connectivity index (χ0n) is 21.1. The number of fused-ring (bicyclic) bond motifs is 1. The normalized spacial score (nSPS) is 26.9. The van der Waals surface area contributed by atoms with Crippen molar-refractivity contribution >= 4 is 23.6 Å². The molecule has 0 bridgehead atoms. The van der Waals surface area contributed by atoms with Crippen LogP contribution in [0.5, 0.6) is 0 Å². The van der Waals surface area contributed by atoms with Crippen molar-refractivity contribution in [2.45, 2.75) is 57.2 Å². The van der Waals surface area contributed by atoms with Crippen LogP contribution in [0.15, 0.2) is 12.4 Å². The first-order valence-electron chi connectivity index (χ1n) is 13.0. The molecule has 1 amide bonds. The Morgan fingerprint density at radius 1 is 1.19 bits per heavy atom. The number of nitrogen functional groups attached to an aromatic ring is 1. The Balaban J connectivity index is 1.36. The molecule has 36 heavy (non-hydrogen) atoms. The van der Waals surface area contributed by atoms with Gasteiger partial charge in [-0.3, -0.25) is 4.79 Å². The van der Waals surface area contributed by atoms with E-state index in [4.69, 9.17) is 26.2 Å². The van der Waals surface area contributed by atoms with Crippen molar-refractivity contribution < 1.29 is 9.53 Å². The minimum absolute atomic E-state index is 0.0888. The van der Waals surface area contributed by atoms with E-state index >= 15 is 0 Å². The van der Waals surface area contributed by atoms with Gasteiger partial charge in [-0.1, -0.05) is 0 Å². The molecule has 2 saturated heterocycles. The van der Waals surface area contributed by atoms with Crippen molar-refractivity contribution in [1.29, 1.82) is 0 Å². The van der Waals surface area contributed by atoms with E-state index in [1.54, 1.807) is 12.4 Å². The highest BCUT2D eigenvalue weighted by Crippen LogP contribution is 2.42. The molecule has 4 aliphatic rings. The van der Waals surface area contributed by atoms with Gasteiger partial charge >= 0.3 is 0 Å². The number of anilines is 3. The number of carbonyl (C=O) groups excluding carboxylic acids is 1. The smallest absolute Gasteiger partial charge is 0.239 e. The minimum atomic E-state index is -0.368. The molecule has 1 saturated carbocycles. The summed E-state index contributed by atoms with van der Waals surface area (Å²) in [5, 5.41) is 0. The van der Waals surface area contributed by atoms with E-state index in [2.05, 4.69) is 33.6 Å². The lowest BCUT2D eigenvalue weighted by atomic mass is 9.99. The third-order valence-electron chi connectivity index (χ3n) is 8.21.